The Labute approximate surface area is 353 Å². The largest absolute Gasteiger partial charge is 0.462 e. The Balaban J connectivity index is 4.40. The number of hydrogen-bond acceptors (Lipinski definition) is 6. The van der Waals surface area contributed by atoms with Crippen LogP contribution in [-0.2, 0) is 28.6 Å². The van der Waals surface area contributed by atoms with Crippen molar-refractivity contribution in [2.45, 2.75) is 258 Å². The number of esters is 3. The van der Waals surface area contributed by atoms with Crippen molar-refractivity contribution in [2.24, 2.45) is 0 Å². The highest BCUT2D eigenvalue weighted by molar-refractivity contribution is 5.71. The van der Waals surface area contributed by atoms with Crippen LogP contribution in [-0.4, -0.2) is 37.2 Å². The van der Waals surface area contributed by atoms with Crippen LogP contribution in [0.15, 0.2) is 36.5 Å². The molecule has 0 N–H and O–H groups in total. The van der Waals surface area contributed by atoms with Gasteiger partial charge in [-0.05, 0) is 51.4 Å². The third kappa shape index (κ3) is 44.6. The molecule has 0 heterocycles. The van der Waals surface area contributed by atoms with Crippen LogP contribution in [0.4, 0.5) is 0 Å². The minimum atomic E-state index is -0.785. The lowest BCUT2D eigenvalue weighted by atomic mass is 10.1. The van der Waals surface area contributed by atoms with Crippen molar-refractivity contribution in [2.75, 3.05) is 13.2 Å². The Kier molecular flexibility index (Phi) is 44.4. The van der Waals surface area contributed by atoms with Crippen molar-refractivity contribution < 1.29 is 28.6 Å². The van der Waals surface area contributed by atoms with E-state index < -0.39 is 6.10 Å². The Bertz CT molecular complexity index is 969. The van der Waals surface area contributed by atoms with Crippen molar-refractivity contribution in [3.05, 3.63) is 36.5 Å². The van der Waals surface area contributed by atoms with E-state index in [9.17, 15) is 14.4 Å². The van der Waals surface area contributed by atoms with E-state index >= 15 is 0 Å². The van der Waals surface area contributed by atoms with Crippen LogP contribution in [0.5, 0.6) is 0 Å². The molecule has 1 unspecified atom stereocenters. The molecule has 6 nitrogen and oxygen atoms in total. The molecule has 1 atom stereocenters. The standard InChI is InChI=1S/C51H92O6/c1-4-7-10-13-16-19-22-23-24-25-26-27-30-32-35-38-41-44-50(53)56-47-48(57-51(54)45-42-39-36-33-29-21-18-15-12-9-6-3)46-55-49(52)43-40-37-34-31-28-20-17-14-11-8-5-2/h23-24,26-27,32,35,48H,4-22,25,28-31,33-34,36-47H2,1-3H3/b24-23-,27-26-,35-32-. The van der Waals surface area contributed by atoms with Gasteiger partial charge in [-0.25, -0.2) is 0 Å². The third-order valence-corrected chi connectivity index (χ3v) is 10.6. The summed E-state index contributed by atoms with van der Waals surface area (Å²) in [6.45, 7) is 6.58. The first-order valence-electron chi connectivity index (χ1n) is 24.5. The van der Waals surface area contributed by atoms with E-state index in [0.717, 1.165) is 57.8 Å². The lowest BCUT2D eigenvalue weighted by Gasteiger charge is -2.18. The molecule has 0 amide bonds. The molecule has 332 valence electrons. The van der Waals surface area contributed by atoms with Gasteiger partial charge in [0.2, 0.25) is 0 Å². The number of rotatable bonds is 44. The summed E-state index contributed by atoms with van der Waals surface area (Å²) < 4.78 is 16.7. The first kappa shape index (κ1) is 54.6. The molecule has 0 aliphatic heterocycles. The summed E-state index contributed by atoms with van der Waals surface area (Å²) in [6, 6.07) is 0. The van der Waals surface area contributed by atoms with Gasteiger partial charge >= 0.3 is 17.9 Å². The molecule has 0 aromatic heterocycles. The van der Waals surface area contributed by atoms with E-state index in [4.69, 9.17) is 14.2 Å². The summed E-state index contributed by atoms with van der Waals surface area (Å²) in [4.78, 5) is 37.8. The van der Waals surface area contributed by atoms with Crippen LogP contribution in [0.3, 0.4) is 0 Å². The maximum atomic E-state index is 12.7. The molecule has 0 aromatic rings. The second-order valence-corrected chi connectivity index (χ2v) is 16.4. The minimum Gasteiger partial charge on any atom is -0.462 e. The molecule has 0 aromatic carbocycles. The maximum Gasteiger partial charge on any atom is 0.306 e. The van der Waals surface area contributed by atoms with E-state index in [1.165, 1.54) is 148 Å². The Morgan fingerprint density at radius 3 is 1.05 bits per heavy atom. The van der Waals surface area contributed by atoms with E-state index in [-0.39, 0.29) is 31.1 Å². The number of unbranched alkanes of at least 4 members (excludes halogenated alkanes) is 27. The zero-order valence-corrected chi connectivity index (χ0v) is 37.9. The van der Waals surface area contributed by atoms with E-state index in [2.05, 4.69) is 57.2 Å². The molecule has 0 aliphatic carbocycles. The average Bonchev–Trinajstić information content (AvgIpc) is 3.21. The normalized spacial score (nSPS) is 12.3. The summed E-state index contributed by atoms with van der Waals surface area (Å²) in [6.07, 6.45) is 52.7. The zero-order chi connectivity index (χ0) is 41.5. The van der Waals surface area contributed by atoms with Crippen LogP contribution < -0.4 is 0 Å². The summed E-state index contributed by atoms with van der Waals surface area (Å²) in [5.74, 6) is -0.934. The van der Waals surface area contributed by atoms with Gasteiger partial charge in [0.05, 0.1) is 0 Å². The lowest BCUT2D eigenvalue weighted by Crippen LogP contribution is -2.30. The first-order valence-corrected chi connectivity index (χ1v) is 24.5. The van der Waals surface area contributed by atoms with E-state index in [0.29, 0.717) is 25.7 Å². The summed E-state index contributed by atoms with van der Waals surface area (Å²) in [7, 11) is 0. The molecule has 0 radical (unpaired) electrons. The van der Waals surface area contributed by atoms with Crippen molar-refractivity contribution >= 4 is 17.9 Å². The van der Waals surface area contributed by atoms with Gasteiger partial charge in [-0.15, -0.1) is 0 Å². The average molecular weight is 801 g/mol. The highest BCUT2D eigenvalue weighted by Crippen LogP contribution is 2.15. The Hall–Kier alpha value is -2.37. The quantitative estimate of drug-likeness (QED) is 0.0264. The van der Waals surface area contributed by atoms with Gasteiger partial charge in [0.15, 0.2) is 6.10 Å². The topological polar surface area (TPSA) is 78.9 Å². The van der Waals surface area contributed by atoms with Crippen molar-refractivity contribution in [3.63, 3.8) is 0 Å². The van der Waals surface area contributed by atoms with E-state index in [1.807, 2.05) is 0 Å². The predicted molar refractivity (Wildman–Crippen MR) is 242 cm³/mol. The van der Waals surface area contributed by atoms with E-state index in [1.54, 1.807) is 0 Å². The molecule has 0 fully saturated rings. The van der Waals surface area contributed by atoms with Gasteiger partial charge in [0.1, 0.15) is 13.2 Å². The molecule has 0 saturated carbocycles. The third-order valence-electron chi connectivity index (χ3n) is 10.6. The van der Waals surface area contributed by atoms with Crippen LogP contribution in [0.1, 0.15) is 252 Å². The van der Waals surface area contributed by atoms with Crippen LogP contribution in [0.2, 0.25) is 0 Å². The Morgan fingerprint density at radius 1 is 0.351 bits per heavy atom. The van der Waals surface area contributed by atoms with Crippen molar-refractivity contribution in [1.82, 2.24) is 0 Å². The summed E-state index contributed by atoms with van der Waals surface area (Å²) in [5, 5.41) is 0. The number of carbonyl (C=O) groups is 3. The highest BCUT2D eigenvalue weighted by Gasteiger charge is 2.19. The number of carbonyl (C=O) groups excluding carboxylic acids is 3. The van der Waals surface area contributed by atoms with Crippen LogP contribution >= 0.6 is 0 Å². The van der Waals surface area contributed by atoms with Crippen molar-refractivity contribution in [3.8, 4) is 0 Å². The summed E-state index contributed by atoms with van der Waals surface area (Å²) >= 11 is 0. The molecular formula is C51H92O6. The fraction of sp³-hybridized carbons (Fsp3) is 0.824. The van der Waals surface area contributed by atoms with Gasteiger partial charge in [0.25, 0.3) is 0 Å². The Morgan fingerprint density at radius 2 is 0.649 bits per heavy atom. The maximum absolute atomic E-state index is 12.7. The molecule has 0 aliphatic rings. The summed E-state index contributed by atoms with van der Waals surface area (Å²) in [5.41, 5.74) is 0. The number of allylic oxidation sites excluding steroid dienone is 6. The zero-order valence-electron chi connectivity index (χ0n) is 37.9. The monoisotopic (exact) mass is 801 g/mol. The van der Waals surface area contributed by atoms with Gasteiger partial charge in [-0.2, -0.15) is 0 Å². The first-order chi connectivity index (χ1) is 28.0. The fourth-order valence-electron chi connectivity index (χ4n) is 6.93. The van der Waals surface area contributed by atoms with Crippen LogP contribution in [0.25, 0.3) is 0 Å². The van der Waals surface area contributed by atoms with Crippen LogP contribution in [0, 0.1) is 0 Å². The second-order valence-electron chi connectivity index (χ2n) is 16.4. The highest BCUT2D eigenvalue weighted by atomic mass is 16.6. The molecule has 0 bridgehead atoms. The van der Waals surface area contributed by atoms with Gasteiger partial charge < -0.3 is 14.2 Å². The predicted octanol–water partition coefficient (Wildman–Crippen LogP) is 15.8. The number of hydrogen-bond donors (Lipinski definition) is 0. The SMILES string of the molecule is CCCCCCCC/C=C\C/C=C\C/C=C\CCCC(=O)OCC(COC(=O)CCCCCCCCCCCCC)OC(=O)CCCCCCCCCCCCC. The lowest BCUT2D eigenvalue weighted by molar-refractivity contribution is -0.167. The molecular weight excluding hydrogens is 709 g/mol. The van der Waals surface area contributed by atoms with Gasteiger partial charge in [-0.1, -0.05) is 218 Å². The molecule has 0 rings (SSSR count). The van der Waals surface area contributed by atoms with Gasteiger partial charge in [0, 0.05) is 19.3 Å². The number of ether oxygens (including phenoxy) is 3. The second kappa shape index (κ2) is 46.3. The molecule has 0 saturated heterocycles. The minimum absolute atomic E-state index is 0.0840. The molecule has 0 spiro atoms. The fourth-order valence-corrected chi connectivity index (χ4v) is 6.93. The van der Waals surface area contributed by atoms with Gasteiger partial charge in [-0.3, -0.25) is 14.4 Å². The molecule has 6 heteroatoms. The molecule has 57 heavy (non-hydrogen) atoms. The smallest absolute Gasteiger partial charge is 0.306 e. The van der Waals surface area contributed by atoms with Crippen molar-refractivity contribution in [1.29, 1.82) is 0 Å².